The average Bonchev–Trinajstić information content (AvgIpc) is 3.41. The Bertz CT molecular complexity index is 2100. The van der Waals surface area contributed by atoms with Crippen LogP contribution in [0.3, 0.4) is 0 Å². The Hall–Kier alpha value is -5.69. The van der Waals surface area contributed by atoms with Crippen molar-refractivity contribution in [1.82, 2.24) is 19.7 Å². The molecular weight excluding hydrogens is 767 g/mol. The van der Waals surface area contributed by atoms with Gasteiger partial charge in [0.05, 0.1) is 30.0 Å². The molecule has 0 spiro atoms. The summed E-state index contributed by atoms with van der Waals surface area (Å²) in [7, 11) is -1.87. The summed E-state index contributed by atoms with van der Waals surface area (Å²) in [5.74, 6) is -3.73. The molecule has 4 amide bonds. The number of imide groups is 1. The normalized spacial score (nSPS) is 13.7. The molecular formula is C35H38ClFN6O11S. The van der Waals surface area contributed by atoms with Crippen LogP contribution in [0.25, 0.3) is 0 Å². The minimum absolute atomic E-state index is 0.000883. The van der Waals surface area contributed by atoms with Crippen LogP contribution in [0.1, 0.15) is 68.1 Å². The summed E-state index contributed by atoms with van der Waals surface area (Å²) in [6.45, 7) is 3.47. The van der Waals surface area contributed by atoms with Crippen molar-refractivity contribution < 1.29 is 56.1 Å². The van der Waals surface area contributed by atoms with Gasteiger partial charge in [-0.05, 0) is 57.2 Å². The van der Waals surface area contributed by atoms with Crippen molar-refractivity contribution in [3.8, 4) is 11.8 Å². The SMILES string of the molecule is CCCCCOC(=O)COc1cc(N2C(=O)C3=C(CCCC3)C2=O)c(F)cc1Cl.COc1nc(C)nc(N(C)C(=O)NS(=O)(=O)c2ccccc2C(=O)O)n1. The number of rotatable bonds is 13. The van der Waals surface area contributed by atoms with Crippen LogP contribution < -0.4 is 24.0 Å². The molecule has 2 aromatic carbocycles. The number of nitrogens with zero attached hydrogens (tertiary/aromatic N) is 5. The van der Waals surface area contributed by atoms with E-state index in [1.54, 1.807) is 11.6 Å². The van der Waals surface area contributed by atoms with E-state index in [4.69, 9.17) is 30.9 Å². The van der Waals surface area contributed by atoms with E-state index in [-0.39, 0.29) is 34.2 Å². The maximum atomic E-state index is 14.5. The molecule has 17 nitrogen and oxygen atoms in total. The number of nitrogens with one attached hydrogen (secondary N) is 1. The largest absolute Gasteiger partial charge is 0.480 e. The van der Waals surface area contributed by atoms with Gasteiger partial charge in [-0.3, -0.25) is 14.5 Å². The predicted molar refractivity (Wildman–Crippen MR) is 194 cm³/mol. The summed E-state index contributed by atoms with van der Waals surface area (Å²) in [6, 6.07) is 5.92. The lowest BCUT2D eigenvalue weighted by Gasteiger charge is -2.18. The lowest BCUT2D eigenvalue weighted by atomic mass is 9.93. The van der Waals surface area contributed by atoms with E-state index in [9.17, 15) is 36.8 Å². The zero-order valence-electron chi connectivity index (χ0n) is 30.3. The number of urea groups is 1. The van der Waals surface area contributed by atoms with Crippen LogP contribution in [0.5, 0.6) is 11.8 Å². The number of sulfonamides is 1. The quantitative estimate of drug-likeness (QED) is 0.135. The number of esters is 1. The van der Waals surface area contributed by atoms with Crippen LogP contribution in [-0.2, 0) is 29.1 Å². The van der Waals surface area contributed by atoms with Gasteiger partial charge in [-0.2, -0.15) is 15.0 Å². The number of carbonyl (C=O) groups excluding carboxylic acids is 4. The summed E-state index contributed by atoms with van der Waals surface area (Å²) in [5, 5.41) is 9.04. The van der Waals surface area contributed by atoms with Gasteiger partial charge in [0, 0.05) is 24.3 Å². The number of carboxylic acids is 1. The summed E-state index contributed by atoms with van der Waals surface area (Å²) in [6.07, 6.45) is 5.40. The molecule has 1 aliphatic carbocycles. The Morgan fingerprint density at radius 2 is 1.69 bits per heavy atom. The van der Waals surface area contributed by atoms with Crippen molar-refractivity contribution in [2.75, 3.05) is 37.2 Å². The number of halogens is 2. The number of hydrogen-bond donors (Lipinski definition) is 2. The fourth-order valence-corrected chi connectivity index (χ4v) is 6.75. The summed E-state index contributed by atoms with van der Waals surface area (Å²) >= 11 is 6.02. The highest BCUT2D eigenvalue weighted by Crippen LogP contribution is 2.39. The standard InChI is InChI=1S/C21H23ClFNO5.C14H15N5O6S/c1-2-3-6-9-28-19(25)12-29-18-11-17(16(23)10-15(18)22)24-20(26)13-7-4-5-8-14(13)21(24)27;1-8-15-12(17-13(16-8)25-3)19(2)14(22)18-26(23,24)10-7-5-4-6-9(10)11(20)21/h10-11H,2-9,12H2,1H3;4-7H,1-3H3,(H,18,22)(H,20,21). The number of aryl methyl sites for hydroxylation is 1. The fourth-order valence-electron chi connectivity index (χ4n) is 5.37. The first-order chi connectivity index (χ1) is 26.1. The second kappa shape index (κ2) is 18.6. The number of ether oxygens (including phenoxy) is 3. The van der Waals surface area contributed by atoms with Crippen LogP contribution in [0.2, 0.25) is 5.02 Å². The highest BCUT2D eigenvalue weighted by Gasteiger charge is 2.41. The van der Waals surface area contributed by atoms with E-state index >= 15 is 0 Å². The molecule has 0 saturated heterocycles. The highest BCUT2D eigenvalue weighted by molar-refractivity contribution is 7.90. The van der Waals surface area contributed by atoms with Crippen molar-refractivity contribution >= 4 is 63.0 Å². The molecule has 0 radical (unpaired) electrons. The van der Waals surface area contributed by atoms with Gasteiger partial charge in [0.1, 0.15) is 22.3 Å². The van der Waals surface area contributed by atoms with Crippen molar-refractivity contribution in [3.05, 3.63) is 69.8 Å². The van der Waals surface area contributed by atoms with Gasteiger partial charge in [-0.15, -0.1) is 0 Å². The minimum Gasteiger partial charge on any atom is -0.480 e. The van der Waals surface area contributed by atoms with Gasteiger partial charge in [-0.1, -0.05) is 43.5 Å². The smallest absolute Gasteiger partial charge is 0.344 e. The molecule has 0 fully saturated rings. The number of methoxy groups -OCH3 is 1. The summed E-state index contributed by atoms with van der Waals surface area (Å²) in [5.41, 5.74) is 0.209. The van der Waals surface area contributed by atoms with E-state index in [0.717, 1.165) is 60.1 Å². The van der Waals surface area contributed by atoms with Gasteiger partial charge in [0.15, 0.2) is 6.61 Å². The van der Waals surface area contributed by atoms with Crippen molar-refractivity contribution in [1.29, 1.82) is 0 Å². The molecule has 2 N–H and O–H groups in total. The molecule has 20 heteroatoms. The maximum Gasteiger partial charge on any atom is 0.344 e. The number of aromatic nitrogens is 3. The third-order valence-corrected chi connectivity index (χ3v) is 9.79. The van der Waals surface area contributed by atoms with Gasteiger partial charge in [-0.25, -0.2) is 36.8 Å². The minimum atomic E-state index is -4.44. The van der Waals surface area contributed by atoms with Gasteiger partial charge >= 0.3 is 24.0 Å². The Kier molecular flexibility index (Phi) is 14.2. The Morgan fingerprint density at radius 3 is 2.31 bits per heavy atom. The van der Waals surface area contributed by atoms with Gasteiger partial charge < -0.3 is 19.3 Å². The topological polar surface area (TPSA) is 225 Å². The molecule has 1 aliphatic heterocycles. The maximum absolute atomic E-state index is 14.5. The number of hydrogen-bond acceptors (Lipinski definition) is 13. The van der Waals surface area contributed by atoms with Crippen LogP contribution >= 0.6 is 11.6 Å². The molecule has 0 unspecified atom stereocenters. The molecule has 0 atom stereocenters. The number of carbonyl (C=O) groups is 5. The van der Waals surface area contributed by atoms with E-state index < -0.39 is 62.7 Å². The van der Waals surface area contributed by atoms with Gasteiger partial charge in [0.2, 0.25) is 5.95 Å². The zero-order chi connectivity index (χ0) is 40.4. The first-order valence-electron chi connectivity index (χ1n) is 16.9. The summed E-state index contributed by atoms with van der Waals surface area (Å²) < 4.78 is 56.4. The molecule has 294 valence electrons. The number of unbranched alkanes of at least 4 members (excludes halogenated alkanes) is 2. The molecule has 2 heterocycles. The number of anilines is 2. The predicted octanol–water partition coefficient (Wildman–Crippen LogP) is 4.76. The van der Waals surface area contributed by atoms with E-state index in [1.165, 1.54) is 32.4 Å². The molecule has 0 bridgehead atoms. The van der Waals surface area contributed by atoms with Crippen LogP contribution in [0, 0.1) is 12.7 Å². The van der Waals surface area contributed by atoms with Crippen LogP contribution in [-0.4, -0.2) is 85.6 Å². The number of carboxylic acid groups (broad SMARTS) is 1. The first-order valence-corrected chi connectivity index (χ1v) is 18.7. The van der Waals surface area contributed by atoms with Crippen molar-refractivity contribution in [3.63, 3.8) is 0 Å². The molecule has 1 aromatic heterocycles. The average molecular weight is 805 g/mol. The molecule has 0 saturated carbocycles. The number of amides is 4. The molecule has 3 aromatic rings. The lowest BCUT2D eigenvalue weighted by Crippen LogP contribution is -2.42. The van der Waals surface area contributed by atoms with E-state index in [0.29, 0.717) is 30.6 Å². The van der Waals surface area contributed by atoms with Crippen molar-refractivity contribution in [2.45, 2.75) is 63.7 Å². The second-order valence-electron chi connectivity index (χ2n) is 12.0. The second-order valence-corrected chi connectivity index (χ2v) is 14.1. The number of benzene rings is 2. The Morgan fingerprint density at radius 1 is 1.04 bits per heavy atom. The molecule has 2 aliphatic rings. The van der Waals surface area contributed by atoms with Crippen LogP contribution in [0.15, 0.2) is 52.4 Å². The molecule has 55 heavy (non-hydrogen) atoms. The van der Waals surface area contributed by atoms with E-state index in [1.807, 2.05) is 6.92 Å². The third kappa shape index (κ3) is 10.3. The summed E-state index contributed by atoms with van der Waals surface area (Å²) in [4.78, 5) is 73.3. The zero-order valence-corrected chi connectivity index (χ0v) is 31.8. The van der Waals surface area contributed by atoms with Gasteiger partial charge in [0.25, 0.3) is 21.8 Å². The van der Waals surface area contributed by atoms with Crippen LogP contribution in [0.4, 0.5) is 20.8 Å². The fraction of sp³-hybridized carbons (Fsp3) is 0.371. The lowest BCUT2D eigenvalue weighted by molar-refractivity contribution is -0.146. The Balaban J connectivity index is 0.000000246. The third-order valence-electron chi connectivity index (χ3n) is 8.12. The van der Waals surface area contributed by atoms with E-state index in [2.05, 4.69) is 15.0 Å². The first kappa shape index (κ1) is 42.1. The van der Waals surface area contributed by atoms with Crippen molar-refractivity contribution in [2.24, 2.45) is 0 Å². The highest BCUT2D eigenvalue weighted by atomic mass is 35.5. The Labute approximate surface area is 320 Å². The molecule has 5 rings (SSSR count). The number of aromatic carboxylic acids is 1. The monoisotopic (exact) mass is 804 g/mol.